The third-order valence-corrected chi connectivity index (χ3v) is 3.36. The molecule has 150 valence electrons. The summed E-state index contributed by atoms with van der Waals surface area (Å²) < 4.78 is 0. The molecule has 12 heteroatoms. The van der Waals surface area contributed by atoms with Crippen molar-refractivity contribution in [2.75, 3.05) is 26.3 Å². The zero-order chi connectivity index (χ0) is 20.1. The Morgan fingerprint density at radius 1 is 0.923 bits per heavy atom. The summed E-state index contributed by atoms with van der Waals surface area (Å²) in [5.74, 6) is -3.79. The van der Waals surface area contributed by atoms with E-state index < -0.39 is 61.6 Å². The molecule has 0 heterocycles. The SMILES string of the molecule is NCCCCC(N)C(=O)NCC(=O)NC(CO)C(=O)NC(CO)C(=O)O. The topological polar surface area (TPSA) is 217 Å². The number of nitrogens with two attached hydrogens (primary N) is 2. The van der Waals surface area contributed by atoms with E-state index in [1.165, 1.54) is 0 Å². The van der Waals surface area contributed by atoms with E-state index in [0.29, 0.717) is 19.4 Å². The standard InChI is InChI=1S/C14H27N5O7/c15-4-2-1-3-8(16)12(23)17-5-11(22)18-9(6-20)13(24)19-10(7-21)14(25)26/h8-10,20-21H,1-7,15-16H2,(H,17,23)(H,18,22)(H,19,24)(H,25,26). The van der Waals surface area contributed by atoms with Crippen LogP contribution in [0, 0.1) is 0 Å². The molecule has 0 aromatic rings. The second-order valence-electron chi connectivity index (χ2n) is 5.49. The molecule has 0 aromatic heterocycles. The quantitative estimate of drug-likeness (QED) is 0.145. The van der Waals surface area contributed by atoms with Gasteiger partial charge in [-0.1, -0.05) is 6.42 Å². The fourth-order valence-corrected chi connectivity index (χ4v) is 1.84. The van der Waals surface area contributed by atoms with Crippen LogP contribution in [0.15, 0.2) is 0 Å². The number of rotatable bonds is 13. The molecular formula is C14H27N5O7. The van der Waals surface area contributed by atoms with Gasteiger partial charge in [0, 0.05) is 0 Å². The summed E-state index contributed by atoms with van der Waals surface area (Å²) in [6, 6.07) is -3.81. The van der Waals surface area contributed by atoms with Crippen molar-refractivity contribution in [1.82, 2.24) is 16.0 Å². The predicted octanol–water partition coefficient (Wildman–Crippen LogP) is -4.40. The molecule has 0 aliphatic carbocycles. The highest BCUT2D eigenvalue weighted by Crippen LogP contribution is 1.97. The largest absolute Gasteiger partial charge is 0.480 e. The second kappa shape index (κ2) is 13.0. The van der Waals surface area contributed by atoms with Gasteiger partial charge in [0.1, 0.15) is 12.1 Å². The number of amides is 3. The molecule has 3 unspecified atom stereocenters. The van der Waals surface area contributed by atoms with Gasteiger partial charge in [0.15, 0.2) is 0 Å². The number of carbonyl (C=O) groups excluding carboxylic acids is 3. The van der Waals surface area contributed by atoms with Crippen molar-refractivity contribution in [3.05, 3.63) is 0 Å². The summed E-state index contributed by atoms with van der Waals surface area (Å²) in [5, 5.41) is 33.1. The second-order valence-corrected chi connectivity index (χ2v) is 5.49. The van der Waals surface area contributed by atoms with E-state index >= 15 is 0 Å². The number of hydrogen-bond acceptors (Lipinski definition) is 8. The van der Waals surface area contributed by atoms with Crippen molar-refractivity contribution in [2.45, 2.75) is 37.4 Å². The van der Waals surface area contributed by atoms with Crippen LogP contribution in [0.2, 0.25) is 0 Å². The highest BCUT2D eigenvalue weighted by molar-refractivity contribution is 5.92. The highest BCUT2D eigenvalue weighted by atomic mass is 16.4. The summed E-state index contributed by atoms with van der Waals surface area (Å²) >= 11 is 0. The molecule has 12 nitrogen and oxygen atoms in total. The summed E-state index contributed by atoms with van der Waals surface area (Å²) in [6.45, 7) is -1.65. The van der Waals surface area contributed by atoms with Gasteiger partial charge in [-0.25, -0.2) is 4.79 Å². The van der Waals surface area contributed by atoms with Gasteiger partial charge < -0.3 is 42.7 Å². The Morgan fingerprint density at radius 2 is 1.54 bits per heavy atom. The van der Waals surface area contributed by atoms with Crippen LogP contribution >= 0.6 is 0 Å². The van der Waals surface area contributed by atoms with Crippen molar-refractivity contribution < 1.29 is 34.5 Å². The van der Waals surface area contributed by atoms with Crippen LogP contribution in [0.25, 0.3) is 0 Å². The average Bonchev–Trinajstić information content (AvgIpc) is 2.61. The first-order valence-electron chi connectivity index (χ1n) is 8.04. The minimum Gasteiger partial charge on any atom is -0.480 e. The number of aliphatic hydroxyl groups excluding tert-OH is 2. The van der Waals surface area contributed by atoms with E-state index in [1.807, 2.05) is 5.32 Å². The first-order chi connectivity index (χ1) is 12.3. The molecule has 0 aliphatic heterocycles. The van der Waals surface area contributed by atoms with Crippen molar-refractivity contribution in [3.63, 3.8) is 0 Å². The molecule has 0 bridgehead atoms. The predicted molar refractivity (Wildman–Crippen MR) is 89.6 cm³/mol. The average molecular weight is 377 g/mol. The van der Waals surface area contributed by atoms with E-state index in [4.69, 9.17) is 26.8 Å². The maximum atomic E-state index is 11.8. The number of carboxylic acids is 1. The Morgan fingerprint density at radius 3 is 2.04 bits per heavy atom. The zero-order valence-corrected chi connectivity index (χ0v) is 14.3. The number of aliphatic carboxylic acids is 1. The summed E-state index contributed by atoms with van der Waals surface area (Å²) in [6.07, 6.45) is 1.80. The van der Waals surface area contributed by atoms with E-state index in [1.54, 1.807) is 0 Å². The molecule has 0 radical (unpaired) electrons. The molecule has 10 N–H and O–H groups in total. The smallest absolute Gasteiger partial charge is 0.328 e. The van der Waals surface area contributed by atoms with Crippen molar-refractivity contribution in [1.29, 1.82) is 0 Å². The Kier molecular flexibility index (Phi) is 11.9. The number of aliphatic hydroxyl groups is 2. The fraction of sp³-hybridized carbons (Fsp3) is 0.714. The Labute approximate surface area is 150 Å². The van der Waals surface area contributed by atoms with Gasteiger partial charge in [-0.2, -0.15) is 0 Å². The Hall–Kier alpha value is -2.28. The van der Waals surface area contributed by atoms with Crippen LogP contribution in [0.3, 0.4) is 0 Å². The molecule has 0 aromatic carbocycles. The van der Waals surface area contributed by atoms with Crippen molar-refractivity contribution >= 4 is 23.7 Å². The van der Waals surface area contributed by atoms with Crippen LogP contribution in [0.4, 0.5) is 0 Å². The van der Waals surface area contributed by atoms with E-state index in [2.05, 4.69) is 10.6 Å². The first-order valence-corrected chi connectivity index (χ1v) is 8.04. The minimum absolute atomic E-state index is 0.407. The molecule has 0 aliphatic rings. The lowest BCUT2D eigenvalue weighted by molar-refractivity contribution is -0.143. The van der Waals surface area contributed by atoms with Gasteiger partial charge in [-0.15, -0.1) is 0 Å². The summed E-state index contributed by atoms with van der Waals surface area (Å²) in [7, 11) is 0. The highest BCUT2D eigenvalue weighted by Gasteiger charge is 2.25. The van der Waals surface area contributed by atoms with Gasteiger partial charge in [0.05, 0.1) is 25.8 Å². The number of carbonyl (C=O) groups is 4. The number of nitrogens with one attached hydrogen (secondary N) is 3. The maximum absolute atomic E-state index is 11.8. The van der Waals surface area contributed by atoms with Crippen molar-refractivity contribution in [2.24, 2.45) is 11.5 Å². The molecule has 3 atom stereocenters. The van der Waals surface area contributed by atoms with Crippen molar-refractivity contribution in [3.8, 4) is 0 Å². The van der Waals surface area contributed by atoms with Crippen LogP contribution < -0.4 is 27.4 Å². The van der Waals surface area contributed by atoms with Crippen LogP contribution in [0.1, 0.15) is 19.3 Å². The normalized spacial score (nSPS) is 14.0. The monoisotopic (exact) mass is 377 g/mol. The van der Waals surface area contributed by atoms with Crippen LogP contribution in [-0.2, 0) is 19.2 Å². The molecule has 0 fully saturated rings. The lowest BCUT2D eigenvalue weighted by Crippen LogP contribution is -2.55. The number of hydrogen-bond donors (Lipinski definition) is 8. The van der Waals surface area contributed by atoms with Gasteiger partial charge in [-0.3, -0.25) is 14.4 Å². The zero-order valence-electron chi connectivity index (χ0n) is 14.3. The number of unbranched alkanes of at least 4 members (excludes halogenated alkanes) is 1. The molecule has 0 saturated carbocycles. The summed E-state index contributed by atoms with van der Waals surface area (Å²) in [4.78, 5) is 46.0. The van der Waals surface area contributed by atoms with Gasteiger partial charge in [-0.05, 0) is 19.4 Å². The van der Waals surface area contributed by atoms with Gasteiger partial charge in [0.25, 0.3) is 0 Å². The lowest BCUT2D eigenvalue weighted by Gasteiger charge is -2.19. The van der Waals surface area contributed by atoms with Gasteiger partial charge >= 0.3 is 5.97 Å². The molecule has 3 amide bonds. The minimum atomic E-state index is -1.57. The fourth-order valence-electron chi connectivity index (χ4n) is 1.84. The number of carboxylic acid groups (broad SMARTS) is 1. The molecular weight excluding hydrogens is 350 g/mol. The van der Waals surface area contributed by atoms with E-state index in [9.17, 15) is 19.2 Å². The third kappa shape index (κ3) is 9.27. The lowest BCUT2D eigenvalue weighted by atomic mass is 10.1. The molecule has 26 heavy (non-hydrogen) atoms. The Bertz CT molecular complexity index is 488. The molecule has 0 rings (SSSR count). The van der Waals surface area contributed by atoms with E-state index in [0.717, 1.165) is 6.42 Å². The van der Waals surface area contributed by atoms with Gasteiger partial charge in [0.2, 0.25) is 17.7 Å². The molecule has 0 saturated heterocycles. The summed E-state index contributed by atoms with van der Waals surface area (Å²) in [5.41, 5.74) is 11.0. The maximum Gasteiger partial charge on any atom is 0.328 e. The molecule has 0 spiro atoms. The van der Waals surface area contributed by atoms with Crippen LogP contribution in [0.5, 0.6) is 0 Å². The Balaban J connectivity index is 4.38. The third-order valence-electron chi connectivity index (χ3n) is 3.36. The first kappa shape index (κ1) is 23.7. The van der Waals surface area contributed by atoms with Crippen LogP contribution in [-0.4, -0.2) is 83.4 Å². The van der Waals surface area contributed by atoms with E-state index in [-0.39, 0.29) is 0 Å².